The lowest BCUT2D eigenvalue weighted by Crippen LogP contribution is -2.36. The van der Waals surface area contributed by atoms with Crippen molar-refractivity contribution in [2.75, 3.05) is 11.9 Å². The Kier molecular flexibility index (Phi) is 5.61. The third kappa shape index (κ3) is 4.43. The summed E-state index contributed by atoms with van der Waals surface area (Å²) in [5, 5.41) is 12.5. The summed E-state index contributed by atoms with van der Waals surface area (Å²) < 4.78 is 0.330. The van der Waals surface area contributed by atoms with E-state index in [-0.39, 0.29) is 24.1 Å². The standard InChI is InChI=1S/C18H13ClN2O3S2/c19-12-3-1-11(2-4-12)9-15-17(24)21(18(25)26-15)10-16(23)20-13-5-7-14(22)8-6-13/h1-9,22H,10H2,(H,20,23). The Labute approximate surface area is 164 Å². The fraction of sp³-hybridized carbons (Fsp3) is 0.0556. The molecule has 0 aliphatic carbocycles. The predicted octanol–water partition coefficient (Wildman–Crippen LogP) is 3.89. The van der Waals surface area contributed by atoms with Gasteiger partial charge in [0.05, 0.1) is 4.91 Å². The van der Waals surface area contributed by atoms with Gasteiger partial charge in [0.25, 0.3) is 5.91 Å². The molecule has 1 aliphatic rings. The maximum absolute atomic E-state index is 12.5. The van der Waals surface area contributed by atoms with Crippen LogP contribution in [0.1, 0.15) is 5.56 Å². The molecule has 0 saturated carbocycles. The molecule has 0 radical (unpaired) electrons. The summed E-state index contributed by atoms with van der Waals surface area (Å²) in [4.78, 5) is 26.4. The van der Waals surface area contributed by atoms with Gasteiger partial charge in [-0.3, -0.25) is 14.5 Å². The zero-order chi connectivity index (χ0) is 18.7. The van der Waals surface area contributed by atoms with E-state index in [1.807, 2.05) is 0 Å². The average molecular weight is 405 g/mol. The van der Waals surface area contributed by atoms with Crippen molar-refractivity contribution in [3.8, 4) is 5.75 Å². The van der Waals surface area contributed by atoms with Gasteiger partial charge in [-0.15, -0.1) is 0 Å². The summed E-state index contributed by atoms with van der Waals surface area (Å²) >= 11 is 12.2. The molecule has 0 atom stereocenters. The minimum Gasteiger partial charge on any atom is -0.508 e. The molecule has 0 unspecified atom stereocenters. The van der Waals surface area contributed by atoms with E-state index in [1.165, 1.54) is 17.0 Å². The van der Waals surface area contributed by atoms with Crippen molar-refractivity contribution in [3.05, 3.63) is 64.0 Å². The number of hydrogen-bond acceptors (Lipinski definition) is 5. The average Bonchev–Trinajstić information content (AvgIpc) is 2.86. The third-order valence-corrected chi connectivity index (χ3v) is 5.12. The van der Waals surface area contributed by atoms with Crippen LogP contribution in [0.5, 0.6) is 5.75 Å². The third-order valence-electron chi connectivity index (χ3n) is 3.49. The molecule has 2 amide bonds. The van der Waals surface area contributed by atoms with E-state index in [0.717, 1.165) is 17.3 Å². The van der Waals surface area contributed by atoms with Crippen molar-refractivity contribution >= 4 is 63.5 Å². The number of nitrogens with one attached hydrogen (secondary N) is 1. The molecule has 5 nitrogen and oxygen atoms in total. The van der Waals surface area contributed by atoms with Gasteiger partial charge in [-0.05, 0) is 48.0 Å². The monoisotopic (exact) mass is 404 g/mol. The molecular weight excluding hydrogens is 392 g/mol. The van der Waals surface area contributed by atoms with E-state index in [1.54, 1.807) is 42.5 Å². The molecule has 1 heterocycles. The quantitative estimate of drug-likeness (QED) is 0.459. The fourth-order valence-electron chi connectivity index (χ4n) is 2.24. The maximum atomic E-state index is 12.5. The Morgan fingerprint density at radius 2 is 1.85 bits per heavy atom. The molecule has 1 aliphatic heterocycles. The van der Waals surface area contributed by atoms with Gasteiger partial charge in [0.1, 0.15) is 16.6 Å². The van der Waals surface area contributed by atoms with E-state index in [0.29, 0.717) is 19.9 Å². The number of phenols is 1. The van der Waals surface area contributed by atoms with Crippen LogP contribution in [-0.4, -0.2) is 32.7 Å². The minimum absolute atomic E-state index is 0.104. The van der Waals surface area contributed by atoms with Crippen LogP contribution >= 0.6 is 35.6 Å². The SMILES string of the molecule is O=C(CN1C(=O)C(=Cc2ccc(Cl)cc2)SC1=S)Nc1ccc(O)cc1. The lowest BCUT2D eigenvalue weighted by Gasteiger charge is -2.14. The maximum Gasteiger partial charge on any atom is 0.266 e. The number of phenolic OH excluding ortho intramolecular Hbond substituents is 1. The number of aromatic hydroxyl groups is 1. The van der Waals surface area contributed by atoms with Crippen LogP contribution < -0.4 is 5.32 Å². The lowest BCUT2D eigenvalue weighted by atomic mass is 10.2. The largest absolute Gasteiger partial charge is 0.508 e. The zero-order valence-electron chi connectivity index (χ0n) is 13.3. The van der Waals surface area contributed by atoms with Gasteiger partial charge in [0, 0.05) is 10.7 Å². The second kappa shape index (κ2) is 7.90. The zero-order valence-corrected chi connectivity index (χ0v) is 15.7. The normalized spacial score (nSPS) is 15.6. The number of carbonyl (C=O) groups excluding carboxylic acids is 2. The first-order valence-corrected chi connectivity index (χ1v) is 9.12. The van der Waals surface area contributed by atoms with E-state index < -0.39 is 0 Å². The molecule has 0 bridgehead atoms. The minimum atomic E-state index is -0.375. The number of thioether (sulfide) groups is 1. The predicted molar refractivity (Wildman–Crippen MR) is 108 cm³/mol. The number of halogens is 1. The van der Waals surface area contributed by atoms with Crippen LogP contribution in [0, 0.1) is 0 Å². The molecule has 2 aromatic carbocycles. The fourth-order valence-corrected chi connectivity index (χ4v) is 3.62. The smallest absolute Gasteiger partial charge is 0.266 e. The van der Waals surface area contributed by atoms with Crippen molar-refractivity contribution in [2.24, 2.45) is 0 Å². The summed E-state index contributed by atoms with van der Waals surface area (Å²) in [7, 11) is 0. The molecule has 2 aromatic rings. The van der Waals surface area contributed by atoms with Crippen LogP contribution in [0.4, 0.5) is 5.69 Å². The topological polar surface area (TPSA) is 69.6 Å². The van der Waals surface area contributed by atoms with E-state index >= 15 is 0 Å². The van der Waals surface area contributed by atoms with Crippen LogP contribution in [0.3, 0.4) is 0 Å². The van der Waals surface area contributed by atoms with E-state index in [4.69, 9.17) is 23.8 Å². The Morgan fingerprint density at radius 1 is 1.19 bits per heavy atom. The number of hydrogen-bond donors (Lipinski definition) is 2. The molecule has 0 aromatic heterocycles. The molecule has 8 heteroatoms. The van der Waals surface area contributed by atoms with Crippen molar-refractivity contribution in [2.45, 2.75) is 0 Å². The van der Waals surface area contributed by atoms with Gasteiger partial charge < -0.3 is 10.4 Å². The molecular formula is C18H13ClN2O3S2. The van der Waals surface area contributed by atoms with E-state index in [2.05, 4.69) is 5.32 Å². The first kappa shape index (κ1) is 18.4. The highest BCUT2D eigenvalue weighted by molar-refractivity contribution is 8.26. The van der Waals surface area contributed by atoms with Crippen molar-refractivity contribution in [1.29, 1.82) is 0 Å². The summed E-state index contributed by atoms with van der Waals surface area (Å²) in [6, 6.07) is 13.1. The Morgan fingerprint density at radius 3 is 2.50 bits per heavy atom. The van der Waals surface area contributed by atoms with E-state index in [9.17, 15) is 14.7 Å². The van der Waals surface area contributed by atoms with Crippen molar-refractivity contribution in [3.63, 3.8) is 0 Å². The molecule has 2 N–H and O–H groups in total. The number of rotatable bonds is 4. The highest BCUT2D eigenvalue weighted by Crippen LogP contribution is 2.32. The summed E-state index contributed by atoms with van der Waals surface area (Å²) in [5.74, 6) is -0.581. The summed E-state index contributed by atoms with van der Waals surface area (Å²) in [6.07, 6.45) is 1.72. The second-order valence-corrected chi connectivity index (χ2v) is 7.53. The molecule has 26 heavy (non-hydrogen) atoms. The highest BCUT2D eigenvalue weighted by Gasteiger charge is 2.33. The highest BCUT2D eigenvalue weighted by atomic mass is 35.5. The number of benzene rings is 2. The molecule has 0 spiro atoms. The van der Waals surface area contributed by atoms with Crippen LogP contribution in [0.25, 0.3) is 6.08 Å². The van der Waals surface area contributed by atoms with Gasteiger partial charge in [-0.2, -0.15) is 0 Å². The van der Waals surface area contributed by atoms with Gasteiger partial charge in [0.15, 0.2) is 0 Å². The summed E-state index contributed by atoms with van der Waals surface area (Å²) in [6.45, 7) is -0.177. The van der Waals surface area contributed by atoms with Gasteiger partial charge in [-0.25, -0.2) is 0 Å². The molecule has 3 rings (SSSR count). The number of anilines is 1. The van der Waals surface area contributed by atoms with Crippen LogP contribution in [-0.2, 0) is 9.59 Å². The number of nitrogens with zero attached hydrogens (tertiary/aromatic N) is 1. The number of thiocarbonyl (C=S) groups is 1. The number of amides is 2. The second-order valence-electron chi connectivity index (χ2n) is 5.41. The first-order chi connectivity index (χ1) is 12.4. The lowest BCUT2D eigenvalue weighted by molar-refractivity contribution is -0.126. The first-order valence-electron chi connectivity index (χ1n) is 7.52. The Hall–Kier alpha value is -2.35. The summed E-state index contributed by atoms with van der Waals surface area (Å²) in [5.41, 5.74) is 1.35. The van der Waals surface area contributed by atoms with Crippen LogP contribution in [0.15, 0.2) is 53.4 Å². The number of carbonyl (C=O) groups is 2. The Balaban J connectivity index is 1.67. The van der Waals surface area contributed by atoms with Gasteiger partial charge in [-0.1, -0.05) is 47.7 Å². The molecule has 132 valence electrons. The van der Waals surface area contributed by atoms with Crippen LogP contribution in [0.2, 0.25) is 5.02 Å². The molecule has 1 saturated heterocycles. The van der Waals surface area contributed by atoms with Crippen molar-refractivity contribution in [1.82, 2.24) is 4.90 Å². The van der Waals surface area contributed by atoms with Crippen molar-refractivity contribution < 1.29 is 14.7 Å². The molecule has 1 fully saturated rings. The van der Waals surface area contributed by atoms with Gasteiger partial charge in [0.2, 0.25) is 5.91 Å². The van der Waals surface area contributed by atoms with Gasteiger partial charge >= 0.3 is 0 Å². The Bertz CT molecular complexity index is 896.